The van der Waals surface area contributed by atoms with Gasteiger partial charge in [0, 0.05) is 0 Å². The second-order valence-corrected chi connectivity index (χ2v) is 5.07. The Morgan fingerprint density at radius 1 is 1.05 bits per heavy atom. The van der Waals surface area contributed by atoms with Crippen LogP contribution in [-0.4, -0.2) is 36.6 Å². The minimum Gasteiger partial charge on any atom is -0.365 e. The molecule has 0 aliphatic carbocycles. The number of aryl methyl sites for hydroxylation is 2. The maximum Gasteiger partial charge on any atom is 0.272 e. The molecule has 0 unspecified atom stereocenters. The van der Waals surface area contributed by atoms with Crippen molar-refractivity contribution in [3.8, 4) is 0 Å². The Kier molecular flexibility index (Phi) is 8.08. The van der Waals surface area contributed by atoms with E-state index in [4.69, 9.17) is 5.73 Å². The van der Waals surface area contributed by atoms with E-state index in [1.807, 2.05) is 0 Å². The predicted octanol–water partition coefficient (Wildman–Crippen LogP) is 2.65. The number of carbonyl (C=O) groups excluding carboxylic acids is 1. The predicted molar refractivity (Wildman–Crippen MR) is 81.9 cm³/mol. The van der Waals surface area contributed by atoms with E-state index in [1.54, 1.807) is 0 Å². The fraction of sp³-hybridized carbons (Fsp3) is 0.562. The normalized spacial score (nSPS) is 10.6. The first-order valence-electron chi connectivity index (χ1n) is 7.05. The zero-order valence-corrected chi connectivity index (χ0v) is 13.1. The minimum absolute atomic E-state index is 0.199. The number of benzene rings is 1. The summed E-state index contributed by atoms with van der Waals surface area (Å²) in [5.74, 6) is -0.199. The van der Waals surface area contributed by atoms with Crippen molar-refractivity contribution < 1.29 is 9.28 Å². The van der Waals surface area contributed by atoms with Crippen molar-refractivity contribution in [2.75, 3.05) is 26.2 Å². The molecule has 2 N–H and O–H groups in total. The van der Waals surface area contributed by atoms with Crippen molar-refractivity contribution in [2.45, 2.75) is 34.6 Å². The molecule has 0 radical (unpaired) electrons. The van der Waals surface area contributed by atoms with E-state index in [0.29, 0.717) is 6.54 Å². The quantitative estimate of drug-likeness (QED) is 0.817. The summed E-state index contributed by atoms with van der Waals surface area (Å²) < 4.78 is 0.815. The Hall–Kier alpha value is -1.35. The largest absolute Gasteiger partial charge is 0.365 e. The van der Waals surface area contributed by atoms with Crippen molar-refractivity contribution in [2.24, 2.45) is 5.73 Å². The molecule has 1 aromatic rings. The average Bonchev–Trinajstić information content (AvgIpc) is 2.36. The molecule has 1 amide bonds. The molecular weight excluding hydrogens is 236 g/mol. The molecule has 0 heterocycles. The van der Waals surface area contributed by atoms with Gasteiger partial charge in [-0.15, -0.1) is 0 Å². The zero-order valence-electron chi connectivity index (χ0n) is 13.1. The van der Waals surface area contributed by atoms with Gasteiger partial charge in [0.15, 0.2) is 6.54 Å². The highest BCUT2D eigenvalue weighted by Crippen LogP contribution is 2.03. The number of likely N-dealkylation sites (N-methyl/N-ethyl adjacent to an activating group) is 1. The molecular formula is C16H29N2O+. The van der Waals surface area contributed by atoms with Gasteiger partial charge in [-0.3, -0.25) is 4.79 Å². The van der Waals surface area contributed by atoms with Gasteiger partial charge in [0.2, 0.25) is 0 Å². The van der Waals surface area contributed by atoms with Crippen LogP contribution in [0.5, 0.6) is 0 Å². The number of nitrogens with zero attached hydrogens (tertiary/aromatic N) is 1. The Labute approximate surface area is 118 Å². The number of quaternary nitrogens is 1. The summed E-state index contributed by atoms with van der Waals surface area (Å²) in [4.78, 5) is 10.7. The van der Waals surface area contributed by atoms with Crippen molar-refractivity contribution in [3.05, 3.63) is 35.4 Å². The smallest absolute Gasteiger partial charge is 0.272 e. The van der Waals surface area contributed by atoms with Gasteiger partial charge in [0.1, 0.15) is 0 Å². The lowest BCUT2D eigenvalue weighted by atomic mass is 10.2. The summed E-state index contributed by atoms with van der Waals surface area (Å²) in [6.45, 7) is 13.9. The van der Waals surface area contributed by atoms with Gasteiger partial charge in [-0.2, -0.15) is 0 Å². The van der Waals surface area contributed by atoms with Gasteiger partial charge in [-0.05, 0) is 34.6 Å². The van der Waals surface area contributed by atoms with Crippen molar-refractivity contribution in [1.82, 2.24) is 0 Å². The summed E-state index contributed by atoms with van der Waals surface area (Å²) in [5.41, 5.74) is 7.83. The Morgan fingerprint density at radius 2 is 1.47 bits per heavy atom. The third-order valence-electron chi connectivity index (χ3n) is 3.68. The van der Waals surface area contributed by atoms with E-state index in [0.717, 1.165) is 24.1 Å². The molecule has 0 spiro atoms. The molecule has 0 bridgehead atoms. The summed E-state index contributed by atoms with van der Waals surface area (Å²) >= 11 is 0. The van der Waals surface area contributed by atoms with E-state index >= 15 is 0 Å². The van der Waals surface area contributed by atoms with E-state index in [-0.39, 0.29) is 5.91 Å². The molecule has 108 valence electrons. The van der Waals surface area contributed by atoms with Crippen molar-refractivity contribution in [3.63, 3.8) is 0 Å². The van der Waals surface area contributed by atoms with Crippen molar-refractivity contribution >= 4 is 5.91 Å². The second-order valence-electron chi connectivity index (χ2n) is 5.07. The fourth-order valence-corrected chi connectivity index (χ4v) is 2.14. The van der Waals surface area contributed by atoms with Crippen molar-refractivity contribution in [1.29, 1.82) is 0 Å². The number of hydrogen-bond acceptors (Lipinski definition) is 1. The van der Waals surface area contributed by atoms with Gasteiger partial charge in [0.05, 0.1) is 19.6 Å². The number of primary amides is 1. The van der Waals surface area contributed by atoms with Crippen LogP contribution in [0.25, 0.3) is 0 Å². The molecule has 0 fully saturated rings. The number of rotatable bonds is 5. The lowest BCUT2D eigenvalue weighted by molar-refractivity contribution is -0.915. The van der Waals surface area contributed by atoms with Crippen LogP contribution < -0.4 is 5.73 Å². The van der Waals surface area contributed by atoms with Gasteiger partial charge in [-0.1, -0.05) is 35.4 Å². The van der Waals surface area contributed by atoms with E-state index in [1.165, 1.54) is 11.1 Å². The van der Waals surface area contributed by atoms with Gasteiger partial charge >= 0.3 is 0 Å². The van der Waals surface area contributed by atoms with Gasteiger partial charge in [0.25, 0.3) is 5.91 Å². The zero-order chi connectivity index (χ0) is 14.9. The monoisotopic (exact) mass is 265 g/mol. The molecule has 0 atom stereocenters. The molecule has 1 aromatic carbocycles. The average molecular weight is 265 g/mol. The third-order valence-corrected chi connectivity index (χ3v) is 3.68. The first-order chi connectivity index (χ1) is 8.89. The molecule has 0 saturated carbocycles. The Morgan fingerprint density at radius 3 is 1.63 bits per heavy atom. The standard InChI is InChI=1S/C8H18N2O.C8H10/c1-4-10(5-2,6-3)7-8(9)11;1-7-4-3-5-8(2)6-7/h4-7H2,1-3H3,(H-,9,11);3-6H,1-2H3/p+1. The van der Waals surface area contributed by atoms with E-state index in [2.05, 4.69) is 58.9 Å². The summed E-state index contributed by atoms with van der Waals surface area (Å²) in [6, 6.07) is 8.45. The highest BCUT2D eigenvalue weighted by atomic mass is 16.1. The van der Waals surface area contributed by atoms with Crippen LogP contribution in [-0.2, 0) is 4.79 Å². The molecule has 0 aliphatic rings. The lowest BCUT2D eigenvalue weighted by Gasteiger charge is -2.34. The summed E-state index contributed by atoms with van der Waals surface area (Å²) in [6.07, 6.45) is 0. The van der Waals surface area contributed by atoms with Crippen LogP contribution in [0.3, 0.4) is 0 Å². The van der Waals surface area contributed by atoms with Crippen LogP contribution >= 0.6 is 0 Å². The molecule has 3 heteroatoms. The number of amides is 1. The van der Waals surface area contributed by atoms with E-state index < -0.39 is 0 Å². The topological polar surface area (TPSA) is 43.1 Å². The first-order valence-corrected chi connectivity index (χ1v) is 7.05. The van der Waals surface area contributed by atoms with Crippen LogP contribution in [0.1, 0.15) is 31.9 Å². The molecule has 1 rings (SSSR count). The van der Waals surface area contributed by atoms with Crippen LogP contribution in [0.2, 0.25) is 0 Å². The minimum atomic E-state index is -0.199. The van der Waals surface area contributed by atoms with Crippen LogP contribution in [0.15, 0.2) is 24.3 Å². The lowest BCUT2D eigenvalue weighted by Crippen LogP contribution is -2.52. The first kappa shape index (κ1) is 17.6. The molecule has 3 nitrogen and oxygen atoms in total. The third kappa shape index (κ3) is 6.97. The molecule has 19 heavy (non-hydrogen) atoms. The van der Waals surface area contributed by atoms with Crippen LogP contribution in [0.4, 0.5) is 0 Å². The maximum absolute atomic E-state index is 10.7. The molecule has 0 saturated heterocycles. The Bertz CT molecular complexity index is 359. The Balaban J connectivity index is 0.000000356. The maximum atomic E-state index is 10.7. The van der Waals surface area contributed by atoms with Crippen LogP contribution in [0, 0.1) is 13.8 Å². The number of hydrogen-bond donors (Lipinski definition) is 1. The van der Waals surface area contributed by atoms with E-state index in [9.17, 15) is 4.79 Å². The van der Waals surface area contributed by atoms with Gasteiger partial charge < -0.3 is 10.2 Å². The van der Waals surface area contributed by atoms with Gasteiger partial charge in [-0.25, -0.2) is 0 Å². The molecule has 0 aliphatic heterocycles. The number of carbonyl (C=O) groups is 1. The fourth-order valence-electron chi connectivity index (χ4n) is 2.14. The highest BCUT2D eigenvalue weighted by molar-refractivity contribution is 5.74. The second kappa shape index (κ2) is 8.70. The summed E-state index contributed by atoms with van der Waals surface area (Å²) in [7, 11) is 0. The SMILES string of the molecule is CC[N+](CC)(CC)CC(N)=O.Cc1cccc(C)c1. The highest BCUT2D eigenvalue weighted by Gasteiger charge is 2.22. The molecule has 0 aromatic heterocycles. The number of nitrogens with two attached hydrogens (primary N) is 1. The summed E-state index contributed by atoms with van der Waals surface area (Å²) in [5, 5.41) is 0.